The van der Waals surface area contributed by atoms with Crippen LogP contribution in [0.2, 0.25) is 0 Å². The molecular weight excluding hydrogens is 292 g/mol. The minimum Gasteiger partial charge on any atom is -0.485 e. The van der Waals surface area contributed by atoms with Gasteiger partial charge in [0.2, 0.25) is 0 Å². The van der Waals surface area contributed by atoms with Crippen LogP contribution in [0.3, 0.4) is 0 Å². The molecule has 1 aliphatic heterocycles. The molecule has 0 aliphatic carbocycles. The number of rotatable bonds is 3. The van der Waals surface area contributed by atoms with Gasteiger partial charge in [0, 0.05) is 11.1 Å². The molecule has 2 aromatic rings. The van der Waals surface area contributed by atoms with Crippen LogP contribution in [0, 0.1) is 0 Å². The molecule has 0 spiro atoms. The molecule has 0 saturated heterocycles. The van der Waals surface area contributed by atoms with Crippen molar-refractivity contribution in [2.75, 3.05) is 0 Å². The summed E-state index contributed by atoms with van der Waals surface area (Å²) < 4.78 is 6.12. The van der Waals surface area contributed by atoms with Gasteiger partial charge in [0.05, 0.1) is 0 Å². The van der Waals surface area contributed by atoms with E-state index in [0.717, 1.165) is 11.3 Å². The van der Waals surface area contributed by atoms with Gasteiger partial charge < -0.3 is 4.74 Å². The molecule has 0 amide bonds. The molecule has 3 rings (SSSR count). The second-order valence-electron chi connectivity index (χ2n) is 6.47. The van der Waals surface area contributed by atoms with E-state index in [1.165, 1.54) is 33.0 Å². The Labute approximate surface area is 144 Å². The molecule has 122 valence electrons. The number of benzene rings is 2. The summed E-state index contributed by atoms with van der Waals surface area (Å²) in [5.74, 6) is 0.968. The van der Waals surface area contributed by atoms with E-state index in [4.69, 9.17) is 4.74 Å². The molecule has 0 fully saturated rings. The highest BCUT2D eigenvalue weighted by Crippen LogP contribution is 2.41. The SMILES string of the molecule is C=Cc1ccc2cc3c(cc2c1/C=C\C)O[C@H](C)/C3=C\C=C(C)C. The average molecular weight is 316 g/mol. The van der Waals surface area contributed by atoms with E-state index < -0.39 is 0 Å². The molecular formula is C23H24O. The molecule has 0 unspecified atom stereocenters. The quantitative estimate of drug-likeness (QED) is 0.616. The molecule has 0 radical (unpaired) electrons. The van der Waals surface area contributed by atoms with Crippen LogP contribution in [-0.2, 0) is 0 Å². The maximum atomic E-state index is 6.12. The Balaban J connectivity index is 2.25. The lowest BCUT2D eigenvalue weighted by atomic mass is 9.94. The van der Waals surface area contributed by atoms with E-state index in [1.807, 2.05) is 13.0 Å². The van der Waals surface area contributed by atoms with Gasteiger partial charge in [-0.2, -0.15) is 0 Å². The van der Waals surface area contributed by atoms with Crippen molar-refractivity contribution in [2.45, 2.75) is 33.8 Å². The van der Waals surface area contributed by atoms with Gasteiger partial charge in [-0.25, -0.2) is 0 Å². The Kier molecular flexibility index (Phi) is 4.44. The Hall–Kier alpha value is -2.54. The van der Waals surface area contributed by atoms with Gasteiger partial charge in [-0.1, -0.05) is 54.7 Å². The largest absolute Gasteiger partial charge is 0.485 e. The minimum atomic E-state index is 0.0801. The first-order valence-electron chi connectivity index (χ1n) is 8.43. The molecule has 1 aliphatic rings. The summed E-state index contributed by atoms with van der Waals surface area (Å²) in [5, 5.41) is 2.44. The molecule has 1 atom stereocenters. The third-order valence-electron chi connectivity index (χ3n) is 4.40. The summed E-state index contributed by atoms with van der Waals surface area (Å²) in [5.41, 5.74) is 6.08. The van der Waals surface area contributed by atoms with Crippen molar-refractivity contribution in [1.29, 1.82) is 0 Å². The Morgan fingerprint density at radius 1 is 1.21 bits per heavy atom. The number of hydrogen-bond acceptors (Lipinski definition) is 1. The van der Waals surface area contributed by atoms with Crippen molar-refractivity contribution in [3.8, 4) is 5.75 Å². The summed E-state index contributed by atoms with van der Waals surface area (Å²) in [6, 6.07) is 8.72. The molecule has 0 N–H and O–H groups in total. The van der Waals surface area contributed by atoms with Crippen LogP contribution in [0.15, 0.2) is 54.6 Å². The lowest BCUT2D eigenvalue weighted by Crippen LogP contribution is -2.04. The zero-order valence-electron chi connectivity index (χ0n) is 14.9. The topological polar surface area (TPSA) is 9.23 Å². The maximum Gasteiger partial charge on any atom is 0.128 e. The van der Waals surface area contributed by atoms with Crippen LogP contribution in [0.5, 0.6) is 5.75 Å². The summed E-state index contributed by atoms with van der Waals surface area (Å²) in [7, 11) is 0. The first kappa shape index (κ1) is 16.3. The number of allylic oxidation sites excluding steroid dienone is 4. The molecule has 0 saturated carbocycles. The van der Waals surface area contributed by atoms with Crippen LogP contribution in [0.4, 0.5) is 0 Å². The minimum absolute atomic E-state index is 0.0801. The van der Waals surface area contributed by atoms with Gasteiger partial charge in [-0.15, -0.1) is 0 Å². The van der Waals surface area contributed by atoms with Gasteiger partial charge in [0.25, 0.3) is 0 Å². The van der Waals surface area contributed by atoms with Gasteiger partial charge >= 0.3 is 0 Å². The van der Waals surface area contributed by atoms with Gasteiger partial charge in [-0.05, 0) is 61.7 Å². The fraction of sp³-hybridized carbons (Fsp3) is 0.217. The van der Waals surface area contributed by atoms with Crippen molar-refractivity contribution in [3.63, 3.8) is 0 Å². The highest BCUT2D eigenvalue weighted by atomic mass is 16.5. The predicted octanol–water partition coefficient (Wildman–Crippen LogP) is 6.65. The van der Waals surface area contributed by atoms with Gasteiger partial charge in [-0.3, -0.25) is 0 Å². The van der Waals surface area contributed by atoms with Crippen molar-refractivity contribution in [2.24, 2.45) is 0 Å². The maximum absolute atomic E-state index is 6.12. The molecule has 1 heteroatoms. The van der Waals surface area contributed by atoms with Crippen LogP contribution < -0.4 is 4.74 Å². The summed E-state index contributed by atoms with van der Waals surface area (Å²) in [6.07, 6.45) is 10.5. The zero-order valence-corrected chi connectivity index (χ0v) is 14.9. The highest BCUT2D eigenvalue weighted by molar-refractivity contribution is 5.98. The third-order valence-corrected chi connectivity index (χ3v) is 4.40. The van der Waals surface area contributed by atoms with Crippen LogP contribution in [-0.4, -0.2) is 6.10 Å². The number of hydrogen-bond donors (Lipinski definition) is 0. The predicted molar refractivity (Wildman–Crippen MR) is 106 cm³/mol. The Morgan fingerprint density at radius 2 is 2.00 bits per heavy atom. The van der Waals surface area contributed by atoms with Crippen LogP contribution in [0.1, 0.15) is 44.4 Å². The van der Waals surface area contributed by atoms with E-state index in [0.29, 0.717) is 0 Å². The lowest BCUT2D eigenvalue weighted by molar-refractivity contribution is 0.297. The van der Waals surface area contributed by atoms with Gasteiger partial charge in [0.15, 0.2) is 0 Å². The number of ether oxygens (including phenoxy) is 1. The van der Waals surface area contributed by atoms with Crippen molar-refractivity contribution in [3.05, 3.63) is 71.3 Å². The van der Waals surface area contributed by atoms with Crippen molar-refractivity contribution in [1.82, 2.24) is 0 Å². The molecule has 1 heterocycles. The second kappa shape index (κ2) is 6.52. The van der Waals surface area contributed by atoms with Gasteiger partial charge in [0.1, 0.15) is 11.9 Å². The van der Waals surface area contributed by atoms with E-state index in [1.54, 1.807) is 0 Å². The first-order valence-corrected chi connectivity index (χ1v) is 8.43. The normalized spacial score (nSPS) is 18.0. The van der Waals surface area contributed by atoms with Crippen molar-refractivity contribution >= 4 is 28.5 Å². The van der Waals surface area contributed by atoms with E-state index in [-0.39, 0.29) is 6.10 Å². The molecule has 1 nitrogen and oxygen atoms in total. The molecule has 2 aromatic carbocycles. The Bertz CT molecular complexity index is 890. The monoisotopic (exact) mass is 316 g/mol. The van der Waals surface area contributed by atoms with E-state index in [2.05, 4.69) is 75.9 Å². The fourth-order valence-electron chi connectivity index (χ4n) is 3.20. The van der Waals surface area contributed by atoms with E-state index >= 15 is 0 Å². The summed E-state index contributed by atoms with van der Waals surface area (Å²) in [6.45, 7) is 12.3. The zero-order chi connectivity index (χ0) is 17.3. The lowest BCUT2D eigenvalue weighted by Gasteiger charge is -2.09. The summed E-state index contributed by atoms with van der Waals surface area (Å²) >= 11 is 0. The number of fused-ring (bicyclic) bond motifs is 2. The standard InChI is InChI=1S/C23H24O/c1-6-8-20-17(7-2)10-11-18-13-22-19(12-9-15(3)4)16(5)24-23(22)14-21(18)20/h6-14,16H,2H2,1,3-5H3/b8-6-,19-12+/t16-/m1/s1. The van der Waals surface area contributed by atoms with Crippen LogP contribution in [0.25, 0.3) is 28.5 Å². The summed E-state index contributed by atoms with van der Waals surface area (Å²) in [4.78, 5) is 0. The smallest absolute Gasteiger partial charge is 0.128 e. The second-order valence-corrected chi connectivity index (χ2v) is 6.47. The fourth-order valence-corrected chi connectivity index (χ4v) is 3.20. The highest BCUT2D eigenvalue weighted by Gasteiger charge is 2.25. The Morgan fingerprint density at radius 3 is 2.67 bits per heavy atom. The average Bonchev–Trinajstić information content (AvgIpc) is 2.86. The van der Waals surface area contributed by atoms with Crippen LogP contribution >= 0.6 is 0 Å². The van der Waals surface area contributed by atoms with Crippen molar-refractivity contribution < 1.29 is 4.74 Å². The first-order chi connectivity index (χ1) is 11.5. The molecule has 0 aromatic heterocycles. The van der Waals surface area contributed by atoms with E-state index in [9.17, 15) is 0 Å². The molecule has 24 heavy (non-hydrogen) atoms. The molecule has 0 bridgehead atoms. The third kappa shape index (κ3) is 2.82.